The van der Waals surface area contributed by atoms with Crippen molar-refractivity contribution in [2.45, 2.75) is 33.6 Å². The maximum absolute atomic E-state index is 12.7. The number of nitrogens with zero attached hydrogens (tertiary/aromatic N) is 2. The molecule has 1 aromatic heterocycles. The molecule has 0 aliphatic carbocycles. The number of thiazole rings is 1. The number of amides is 1. The highest BCUT2D eigenvalue weighted by Crippen LogP contribution is 2.35. The molecule has 1 amide bonds. The van der Waals surface area contributed by atoms with Crippen molar-refractivity contribution in [2.75, 3.05) is 16.8 Å². The highest BCUT2D eigenvalue weighted by molar-refractivity contribution is 7.14. The fourth-order valence-electron chi connectivity index (χ4n) is 3.48. The molecule has 0 saturated heterocycles. The molecule has 1 N–H and O–H groups in total. The van der Waals surface area contributed by atoms with Gasteiger partial charge in [-0.15, -0.1) is 11.3 Å². The lowest BCUT2D eigenvalue weighted by Crippen LogP contribution is -2.31. The largest absolute Gasteiger partial charge is 0.332 e. The second-order valence-electron chi connectivity index (χ2n) is 8.41. The molecular formula is C23H25N3OS. The average molecular weight is 392 g/mol. The summed E-state index contributed by atoms with van der Waals surface area (Å²) in [5.41, 5.74) is 5.38. The number of rotatable bonds is 4. The van der Waals surface area contributed by atoms with E-state index in [1.807, 2.05) is 35.2 Å². The van der Waals surface area contributed by atoms with Gasteiger partial charge in [-0.05, 0) is 41.7 Å². The number of anilines is 3. The SMILES string of the molecule is CC(C)(C)CC(=O)N1CCc2cc(-c3csc(Nc4ccccc4)n3)ccc21. The van der Waals surface area contributed by atoms with Gasteiger partial charge in [-0.2, -0.15) is 0 Å². The molecule has 0 radical (unpaired) electrons. The molecule has 0 bridgehead atoms. The zero-order valence-corrected chi connectivity index (χ0v) is 17.3. The smallest absolute Gasteiger partial charge is 0.227 e. The van der Waals surface area contributed by atoms with Gasteiger partial charge in [0.2, 0.25) is 5.91 Å². The molecule has 0 saturated carbocycles. The van der Waals surface area contributed by atoms with E-state index in [0.29, 0.717) is 6.42 Å². The molecule has 1 aliphatic heterocycles. The van der Waals surface area contributed by atoms with Gasteiger partial charge in [0.05, 0.1) is 5.69 Å². The van der Waals surface area contributed by atoms with Gasteiger partial charge in [-0.1, -0.05) is 45.0 Å². The van der Waals surface area contributed by atoms with Crippen molar-refractivity contribution < 1.29 is 4.79 Å². The van der Waals surface area contributed by atoms with Gasteiger partial charge in [0, 0.05) is 35.3 Å². The molecular weight excluding hydrogens is 366 g/mol. The van der Waals surface area contributed by atoms with Crippen LogP contribution in [0.1, 0.15) is 32.8 Å². The number of hydrogen-bond donors (Lipinski definition) is 1. The van der Waals surface area contributed by atoms with Gasteiger partial charge in [-0.3, -0.25) is 4.79 Å². The number of para-hydroxylation sites is 1. The average Bonchev–Trinajstić information content (AvgIpc) is 3.27. The van der Waals surface area contributed by atoms with Crippen LogP contribution >= 0.6 is 11.3 Å². The van der Waals surface area contributed by atoms with Crippen LogP contribution in [0, 0.1) is 5.41 Å². The van der Waals surface area contributed by atoms with Crippen molar-refractivity contribution in [1.29, 1.82) is 0 Å². The summed E-state index contributed by atoms with van der Waals surface area (Å²) < 4.78 is 0. The third-order valence-electron chi connectivity index (χ3n) is 4.78. The molecule has 0 atom stereocenters. The van der Waals surface area contributed by atoms with Crippen molar-refractivity contribution in [3.05, 3.63) is 59.5 Å². The lowest BCUT2D eigenvalue weighted by Gasteiger charge is -2.23. The summed E-state index contributed by atoms with van der Waals surface area (Å²) in [6.45, 7) is 7.09. The van der Waals surface area contributed by atoms with Crippen LogP contribution in [0.5, 0.6) is 0 Å². The fraction of sp³-hybridized carbons (Fsp3) is 0.304. The summed E-state index contributed by atoms with van der Waals surface area (Å²) in [7, 11) is 0. The van der Waals surface area contributed by atoms with Crippen LogP contribution in [-0.4, -0.2) is 17.4 Å². The van der Waals surface area contributed by atoms with E-state index >= 15 is 0 Å². The first-order valence-electron chi connectivity index (χ1n) is 9.60. The van der Waals surface area contributed by atoms with Gasteiger partial charge in [-0.25, -0.2) is 4.98 Å². The lowest BCUT2D eigenvalue weighted by molar-refractivity contribution is -0.120. The van der Waals surface area contributed by atoms with E-state index in [1.54, 1.807) is 11.3 Å². The molecule has 1 aliphatic rings. The van der Waals surface area contributed by atoms with Crippen molar-refractivity contribution in [1.82, 2.24) is 4.98 Å². The normalized spacial score (nSPS) is 13.5. The van der Waals surface area contributed by atoms with E-state index in [-0.39, 0.29) is 11.3 Å². The third kappa shape index (κ3) is 4.09. The minimum absolute atomic E-state index is 0.00251. The van der Waals surface area contributed by atoms with Gasteiger partial charge in [0.15, 0.2) is 5.13 Å². The van der Waals surface area contributed by atoms with Gasteiger partial charge in [0.25, 0.3) is 0 Å². The number of benzene rings is 2. The van der Waals surface area contributed by atoms with E-state index in [2.05, 4.69) is 49.7 Å². The minimum atomic E-state index is 0.00251. The summed E-state index contributed by atoms with van der Waals surface area (Å²) in [4.78, 5) is 19.3. The van der Waals surface area contributed by atoms with E-state index in [0.717, 1.165) is 40.7 Å². The molecule has 4 nitrogen and oxygen atoms in total. The Morgan fingerprint density at radius 2 is 1.96 bits per heavy atom. The summed E-state index contributed by atoms with van der Waals surface area (Å²) >= 11 is 1.60. The van der Waals surface area contributed by atoms with Crippen LogP contribution in [0.2, 0.25) is 0 Å². The van der Waals surface area contributed by atoms with Crippen LogP contribution in [0.25, 0.3) is 11.3 Å². The maximum atomic E-state index is 12.7. The standard InChI is InChI=1S/C23H25N3OS/c1-23(2,3)14-21(27)26-12-11-17-13-16(9-10-20(17)26)19-15-28-22(25-19)24-18-7-5-4-6-8-18/h4-10,13,15H,11-12,14H2,1-3H3,(H,24,25). The molecule has 2 heterocycles. The summed E-state index contributed by atoms with van der Waals surface area (Å²) in [5, 5.41) is 6.30. The van der Waals surface area contributed by atoms with E-state index < -0.39 is 0 Å². The highest BCUT2D eigenvalue weighted by atomic mass is 32.1. The first kappa shape index (κ1) is 18.7. The Kier molecular flexibility index (Phi) is 4.94. The Hall–Kier alpha value is -2.66. The molecule has 144 valence electrons. The summed E-state index contributed by atoms with van der Waals surface area (Å²) in [5.74, 6) is 0.210. The monoisotopic (exact) mass is 391 g/mol. The predicted molar refractivity (Wildman–Crippen MR) is 117 cm³/mol. The van der Waals surface area contributed by atoms with E-state index in [1.165, 1.54) is 5.56 Å². The van der Waals surface area contributed by atoms with Crippen LogP contribution in [0.15, 0.2) is 53.9 Å². The second kappa shape index (κ2) is 7.40. The number of nitrogens with one attached hydrogen (secondary N) is 1. The molecule has 5 heteroatoms. The molecule has 3 aromatic rings. The number of fused-ring (bicyclic) bond motifs is 1. The van der Waals surface area contributed by atoms with E-state index in [9.17, 15) is 4.79 Å². The van der Waals surface area contributed by atoms with Crippen LogP contribution in [-0.2, 0) is 11.2 Å². The Bertz CT molecular complexity index is 989. The van der Waals surface area contributed by atoms with Gasteiger partial charge >= 0.3 is 0 Å². The molecule has 0 spiro atoms. The number of aromatic nitrogens is 1. The fourth-order valence-corrected chi connectivity index (χ4v) is 4.22. The Morgan fingerprint density at radius 1 is 1.18 bits per heavy atom. The highest BCUT2D eigenvalue weighted by Gasteiger charge is 2.28. The maximum Gasteiger partial charge on any atom is 0.227 e. The number of hydrogen-bond acceptors (Lipinski definition) is 4. The van der Waals surface area contributed by atoms with Crippen LogP contribution < -0.4 is 10.2 Å². The number of carbonyl (C=O) groups is 1. The van der Waals surface area contributed by atoms with Crippen molar-refractivity contribution in [3.63, 3.8) is 0 Å². The van der Waals surface area contributed by atoms with Gasteiger partial charge < -0.3 is 10.2 Å². The summed E-state index contributed by atoms with van der Waals surface area (Å²) in [6.07, 6.45) is 1.47. The molecule has 4 rings (SSSR count). The Labute approximate surface area is 170 Å². The molecule has 0 fully saturated rings. The lowest BCUT2D eigenvalue weighted by atomic mass is 9.91. The quantitative estimate of drug-likeness (QED) is 0.604. The Balaban J connectivity index is 1.52. The molecule has 28 heavy (non-hydrogen) atoms. The second-order valence-corrected chi connectivity index (χ2v) is 9.26. The van der Waals surface area contributed by atoms with Crippen LogP contribution in [0.4, 0.5) is 16.5 Å². The zero-order valence-electron chi connectivity index (χ0n) is 16.5. The minimum Gasteiger partial charge on any atom is -0.332 e. The predicted octanol–water partition coefficient (Wildman–Crippen LogP) is 5.88. The summed E-state index contributed by atoms with van der Waals surface area (Å²) in [6, 6.07) is 16.4. The molecule has 0 unspecified atom stereocenters. The third-order valence-corrected chi connectivity index (χ3v) is 5.54. The van der Waals surface area contributed by atoms with Crippen molar-refractivity contribution in [3.8, 4) is 11.3 Å². The number of carbonyl (C=O) groups excluding carboxylic acids is 1. The Morgan fingerprint density at radius 3 is 2.71 bits per heavy atom. The first-order valence-corrected chi connectivity index (χ1v) is 10.5. The zero-order chi connectivity index (χ0) is 19.7. The van der Waals surface area contributed by atoms with Gasteiger partial charge in [0.1, 0.15) is 0 Å². The first-order chi connectivity index (χ1) is 13.4. The van der Waals surface area contributed by atoms with Crippen LogP contribution in [0.3, 0.4) is 0 Å². The van der Waals surface area contributed by atoms with Crippen molar-refractivity contribution >= 4 is 33.8 Å². The van der Waals surface area contributed by atoms with E-state index in [4.69, 9.17) is 4.98 Å². The van der Waals surface area contributed by atoms with Crippen molar-refractivity contribution in [2.24, 2.45) is 5.41 Å². The topological polar surface area (TPSA) is 45.2 Å². The molecule has 2 aromatic carbocycles.